The van der Waals surface area contributed by atoms with Crippen molar-refractivity contribution in [1.29, 1.82) is 0 Å². The van der Waals surface area contributed by atoms with E-state index in [2.05, 4.69) is 0 Å². The van der Waals surface area contributed by atoms with Crippen molar-refractivity contribution in [3.8, 4) is 0 Å². The third-order valence-corrected chi connectivity index (χ3v) is 4.45. The van der Waals surface area contributed by atoms with Crippen molar-refractivity contribution < 1.29 is 8.42 Å². The Balaban J connectivity index is 2.75. The Morgan fingerprint density at radius 2 is 1.88 bits per heavy atom. The van der Waals surface area contributed by atoms with Crippen molar-refractivity contribution in [3.05, 3.63) is 0 Å². The summed E-state index contributed by atoms with van der Waals surface area (Å²) in [5.41, 5.74) is 0. The molecule has 48 valence electrons. The molecule has 1 aliphatic rings. The Morgan fingerprint density at radius 3 is 1.88 bits per heavy atom. The molecule has 0 amide bonds. The predicted octanol–water partition coefficient (Wildman–Crippen LogP) is 0.439. The fourth-order valence-corrected chi connectivity index (χ4v) is 2.66. The zero-order valence-electron chi connectivity index (χ0n) is 5.09. The maximum Gasteiger partial charge on any atom is 0.153 e. The first-order chi connectivity index (χ1) is 3.54. The van der Waals surface area contributed by atoms with Crippen LogP contribution in [-0.4, -0.2) is 19.4 Å². The van der Waals surface area contributed by atoms with Gasteiger partial charge in [-0.15, -0.1) is 0 Å². The highest BCUT2D eigenvalue weighted by Crippen LogP contribution is 2.26. The monoisotopic (exact) mass is 134 g/mol. The molecule has 8 heavy (non-hydrogen) atoms. The van der Waals surface area contributed by atoms with Crippen LogP contribution in [0.5, 0.6) is 0 Å². The fraction of sp³-hybridized carbons (Fsp3) is 1.00. The van der Waals surface area contributed by atoms with Crippen LogP contribution in [-0.2, 0) is 9.84 Å². The first-order valence-corrected chi connectivity index (χ1v) is 4.47. The van der Waals surface area contributed by atoms with E-state index in [4.69, 9.17) is 0 Å². The average Bonchev–Trinajstić information content (AvgIpc) is 1.65. The zero-order chi connectivity index (χ0) is 6.36. The van der Waals surface area contributed by atoms with E-state index in [9.17, 15) is 8.42 Å². The summed E-state index contributed by atoms with van der Waals surface area (Å²) < 4.78 is 21.3. The molecule has 0 aromatic heterocycles. The summed E-state index contributed by atoms with van der Waals surface area (Å²) in [6.45, 7) is 3.73. The maximum absolute atomic E-state index is 10.6. The second-order valence-electron chi connectivity index (χ2n) is 2.51. The molecule has 0 aromatic carbocycles. The van der Waals surface area contributed by atoms with Gasteiger partial charge >= 0.3 is 0 Å². The molecule has 0 aromatic rings. The summed E-state index contributed by atoms with van der Waals surface area (Å²) in [6, 6.07) is 0. The summed E-state index contributed by atoms with van der Waals surface area (Å²) in [5.74, 6) is 0.786. The lowest BCUT2D eigenvalue weighted by molar-refractivity contribution is 0.491. The molecule has 1 rings (SSSR count). The number of rotatable bonds is 0. The second-order valence-corrected chi connectivity index (χ2v) is 4.91. The van der Waals surface area contributed by atoms with Crippen molar-refractivity contribution in [1.82, 2.24) is 0 Å². The van der Waals surface area contributed by atoms with E-state index in [0.717, 1.165) is 0 Å². The third kappa shape index (κ3) is 0.652. The van der Waals surface area contributed by atoms with Crippen LogP contribution in [0.2, 0.25) is 0 Å². The highest BCUT2D eigenvalue weighted by atomic mass is 32.2. The molecule has 0 radical (unpaired) electrons. The Kier molecular flexibility index (Phi) is 1.11. The average molecular weight is 134 g/mol. The highest BCUT2D eigenvalue weighted by molar-refractivity contribution is 7.93. The summed E-state index contributed by atoms with van der Waals surface area (Å²) >= 11 is 0. The molecule has 3 heteroatoms. The van der Waals surface area contributed by atoms with Crippen LogP contribution in [0.1, 0.15) is 13.8 Å². The molecule has 1 fully saturated rings. The summed E-state index contributed by atoms with van der Waals surface area (Å²) in [5, 5.41) is -0.0810. The lowest BCUT2D eigenvalue weighted by Crippen LogP contribution is -2.43. The van der Waals surface area contributed by atoms with Crippen LogP contribution < -0.4 is 0 Å². The van der Waals surface area contributed by atoms with Crippen molar-refractivity contribution in [2.75, 3.05) is 5.75 Å². The van der Waals surface area contributed by atoms with Gasteiger partial charge in [-0.1, -0.05) is 6.92 Å². The van der Waals surface area contributed by atoms with E-state index in [1.807, 2.05) is 6.92 Å². The van der Waals surface area contributed by atoms with Crippen LogP contribution in [0.15, 0.2) is 0 Å². The smallest absolute Gasteiger partial charge is 0.153 e. The molecule has 0 spiro atoms. The Hall–Kier alpha value is -0.0500. The van der Waals surface area contributed by atoms with E-state index in [0.29, 0.717) is 11.7 Å². The largest absolute Gasteiger partial charge is 0.229 e. The first kappa shape index (κ1) is 6.08. The molecular weight excluding hydrogens is 124 g/mol. The van der Waals surface area contributed by atoms with Crippen LogP contribution in [0, 0.1) is 5.92 Å². The van der Waals surface area contributed by atoms with Crippen molar-refractivity contribution in [3.63, 3.8) is 0 Å². The quantitative estimate of drug-likeness (QED) is 0.481. The molecule has 0 bridgehead atoms. The normalized spacial score (nSPS) is 43.2. The first-order valence-electron chi connectivity index (χ1n) is 2.75. The number of hydrogen-bond donors (Lipinski definition) is 0. The van der Waals surface area contributed by atoms with Gasteiger partial charge in [-0.05, 0) is 12.8 Å². The minimum absolute atomic E-state index is 0.0810. The molecule has 0 N–H and O–H groups in total. The van der Waals surface area contributed by atoms with Crippen LogP contribution in [0.4, 0.5) is 0 Å². The second kappa shape index (κ2) is 1.47. The van der Waals surface area contributed by atoms with Gasteiger partial charge in [0.25, 0.3) is 0 Å². The topological polar surface area (TPSA) is 34.1 Å². The van der Waals surface area contributed by atoms with Gasteiger partial charge in [0, 0.05) is 0 Å². The molecule has 2 unspecified atom stereocenters. The van der Waals surface area contributed by atoms with Gasteiger partial charge < -0.3 is 0 Å². The highest BCUT2D eigenvalue weighted by Gasteiger charge is 2.38. The standard InChI is InChI=1S/C5H10O2S/c1-4-3-8(6,7)5(4)2/h4-5H,3H2,1-2H3. The summed E-state index contributed by atoms with van der Waals surface area (Å²) in [6.07, 6.45) is 0. The maximum atomic E-state index is 10.6. The summed E-state index contributed by atoms with van der Waals surface area (Å²) in [4.78, 5) is 0. The molecule has 0 aliphatic carbocycles. The fourth-order valence-electron chi connectivity index (χ4n) is 0.885. The lowest BCUT2D eigenvalue weighted by atomic mass is 10.1. The van der Waals surface area contributed by atoms with E-state index in [1.54, 1.807) is 6.92 Å². The van der Waals surface area contributed by atoms with E-state index in [-0.39, 0.29) is 5.25 Å². The van der Waals surface area contributed by atoms with Crippen molar-refractivity contribution >= 4 is 9.84 Å². The number of sulfone groups is 1. The predicted molar refractivity (Wildman–Crippen MR) is 32.4 cm³/mol. The summed E-state index contributed by atoms with van der Waals surface area (Å²) in [7, 11) is -2.61. The molecule has 1 saturated heterocycles. The third-order valence-electron chi connectivity index (χ3n) is 1.86. The van der Waals surface area contributed by atoms with E-state index < -0.39 is 9.84 Å². The molecule has 1 heterocycles. The lowest BCUT2D eigenvalue weighted by Gasteiger charge is -2.29. The van der Waals surface area contributed by atoms with E-state index >= 15 is 0 Å². The Morgan fingerprint density at radius 1 is 1.38 bits per heavy atom. The van der Waals surface area contributed by atoms with Crippen LogP contribution >= 0.6 is 0 Å². The minimum Gasteiger partial charge on any atom is -0.229 e. The van der Waals surface area contributed by atoms with Gasteiger partial charge in [0.15, 0.2) is 9.84 Å². The van der Waals surface area contributed by atoms with Gasteiger partial charge in [0.05, 0.1) is 11.0 Å². The van der Waals surface area contributed by atoms with Crippen LogP contribution in [0.3, 0.4) is 0 Å². The Bertz CT molecular complexity index is 181. The zero-order valence-corrected chi connectivity index (χ0v) is 5.90. The molecular formula is C5H10O2S. The minimum atomic E-state index is -2.61. The Labute approximate surface area is 49.8 Å². The molecule has 2 nitrogen and oxygen atoms in total. The van der Waals surface area contributed by atoms with Gasteiger partial charge in [-0.3, -0.25) is 0 Å². The van der Waals surface area contributed by atoms with Crippen molar-refractivity contribution in [2.45, 2.75) is 19.1 Å². The van der Waals surface area contributed by atoms with Gasteiger partial charge in [0.2, 0.25) is 0 Å². The van der Waals surface area contributed by atoms with Gasteiger partial charge in [-0.25, -0.2) is 8.42 Å². The molecule has 2 atom stereocenters. The van der Waals surface area contributed by atoms with E-state index in [1.165, 1.54) is 0 Å². The SMILES string of the molecule is CC1CS(=O)(=O)C1C. The van der Waals surface area contributed by atoms with Gasteiger partial charge in [-0.2, -0.15) is 0 Å². The number of hydrogen-bond acceptors (Lipinski definition) is 2. The van der Waals surface area contributed by atoms with Crippen molar-refractivity contribution in [2.24, 2.45) is 5.92 Å². The van der Waals surface area contributed by atoms with Gasteiger partial charge in [0.1, 0.15) is 0 Å². The molecule has 0 saturated carbocycles. The van der Waals surface area contributed by atoms with Crippen LogP contribution in [0.25, 0.3) is 0 Å². The molecule has 1 aliphatic heterocycles.